The summed E-state index contributed by atoms with van der Waals surface area (Å²) in [6.07, 6.45) is 0. The van der Waals surface area contributed by atoms with E-state index in [1.807, 2.05) is 0 Å². The lowest BCUT2D eigenvalue weighted by molar-refractivity contribution is 0.106. The van der Waals surface area contributed by atoms with Gasteiger partial charge in [0.25, 0.3) is 0 Å². The molecule has 1 N–H and O–H groups in total. The average Bonchev–Trinajstić information content (AvgIpc) is 2.62. The molecule has 2 rings (SSSR count). The van der Waals surface area contributed by atoms with Gasteiger partial charge in [-0.2, -0.15) is 10.4 Å². The number of benzene rings is 2. The molecule has 0 saturated carbocycles. The molecule has 0 radical (unpaired) electrons. The fourth-order valence-corrected chi connectivity index (χ4v) is 1.79. The van der Waals surface area contributed by atoms with Crippen molar-refractivity contribution in [3.05, 3.63) is 54.1 Å². The lowest BCUT2D eigenvalue weighted by Crippen LogP contribution is -2.14. The molecule has 116 valence electrons. The summed E-state index contributed by atoms with van der Waals surface area (Å²) in [5, 5.41) is 13.0. The molecule has 0 heterocycles. The van der Waals surface area contributed by atoms with Crippen LogP contribution in [0, 0.1) is 11.3 Å². The number of hydrazone groups is 1. The van der Waals surface area contributed by atoms with Crippen molar-refractivity contribution in [3.8, 4) is 17.6 Å². The third kappa shape index (κ3) is 4.08. The fraction of sp³-hybridized carbons (Fsp3) is 0.118. The van der Waals surface area contributed by atoms with E-state index in [1.54, 1.807) is 61.7 Å². The zero-order valence-corrected chi connectivity index (χ0v) is 12.7. The van der Waals surface area contributed by atoms with E-state index in [-0.39, 0.29) is 5.71 Å². The van der Waals surface area contributed by atoms with Gasteiger partial charge >= 0.3 is 0 Å². The number of rotatable bonds is 6. The maximum absolute atomic E-state index is 12.2. The molecular weight excluding hydrogens is 294 g/mol. The van der Waals surface area contributed by atoms with Crippen LogP contribution in [-0.4, -0.2) is 25.7 Å². The number of Topliss-reactive ketones (excluding diaryl/α,β-unsaturated/α-hetero) is 1. The Labute approximate surface area is 134 Å². The van der Waals surface area contributed by atoms with Crippen LogP contribution in [0.25, 0.3) is 0 Å². The minimum absolute atomic E-state index is 0.231. The number of nitrogens with zero attached hydrogens (tertiary/aromatic N) is 2. The Hall–Kier alpha value is -3.33. The number of nitrogens with one attached hydrogen (secondary N) is 1. The van der Waals surface area contributed by atoms with Crippen LogP contribution in [0.5, 0.6) is 11.5 Å². The Balaban J connectivity index is 2.13. The number of carbonyl (C=O) groups is 1. The average molecular weight is 309 g/mol. The van der Waals surface area contributed by atoms with Crippen LogP contribution in [0.3, 0.4) is 0 Å². The molecule has 2 aromatic carbocycles. The first-order valence-electron chi connectivity index (χ1n) is 6.74. The Morgan fingerprint density at radius 1 is 1.00 bits per heavy atom. The second-order valence-corrected chi connectivity index (χ2v) is 4.47. The molecule has 0 aromatic heterocycles. The highest BCUT2D eigenvalue weighted by atomic mass is 16.5. The number of anilines is 1. The fourth-order valence-electron chi connectivity index (χ4n) is 1.79. The zero-order valence-electron chi connectivity index (χ0n) is 12.7. The van der Waals surface area contributed by atoms with E-state index in [0.29, 0.717) is 22.7 Å². The molecule has 0 amide bonds. The number of hydrogen-bond donors (Lipinski definition) is 1. The van der Waals surface area contributed by atoms with E-state index < -0.39 is 5.78 Å². The standard InChI is InChI=1S/C17H15N3O3/c1-22-14-7-3-12(4-8-14)17(21)16(11-18)20-19-13-5-9-15(23-2)10-6-13/h3-10,19H,1-2H3/b20-16-. The highest BCUT2D eigenvalue weighted by Crippen LogP contribution is 2.15. The van der Waals surface area contributed by atoms with E-state index >= 15 is 0 Å². The minimum Gasteiger partial charge on any atom is -0.497 e. The molecule has 2 aromatic rings. The smallest absolute Gasteiger partial charge is 0.223 e. The van der Waals surface area contributed by atoms with Crippen molar-refractivity contribution in [2.24, 2.45) is 5.10 Å². The maximum atomic E-state index is 12.2. The molecule has 0 saturated heterocycles. The van der Waals surface area contributed by atoms with Crippen LogP contribution < -0.4 is 14.9 Å². The molecule has 0 bridgehead atoms. The largest absolute Gasteiger partial charge is 0.497 e. The predicted octanol–water partition coefficient (Wildman–Crippen LogP) is 2.88. The zero-order chi connectivity index (χ0) is 16.7. The molecule has 0 aliphatic heterocycles. The lowest BCUT2D eigenvalue weighted by atomic mass is 10.1. The van der Waals surface area contributed by atoms with Gasteiger partial charge in [0.1, 0.15) is 17.6 Å². The normalized spacial score (nSPS) is 10.6. The molecule has 0 atom stereocenters. The summed E-state index contributed by atoms with van der Waals surface area (Å²) in [6.45, 7) is 0. The highest BCUT2D eigenvalue weighted by molar-refractivity contribution is 6.51. The van der Waals surface area contributed by atoms with Gasteiger partial charge in [0, 0.05) is 5.56 Å². The topological polar surface area (TPSA) is 83.7 Å². The van der Waals surface area contributed by atoms with Crippen molar-refractivity contribution in [3.63, 3.8) is 0 Å². The second kappa shape index (κ2) is 7.61. The number of methoxy groups -OCH3 is 2. The van der Waals surface area contributed by atoms with E-state index in [9.17, 15) is 4.79 Å². The van der Waals surface area contributed by atoms with Crippen LogP contribution in [0.2, 0.25) is 0 Å². The van der Waals surface area contributed by atoms with Gasteiger partial charge in [0.2, 0.25) is 11.5 Å². The number of carbonyl (C=O) groups excluding carboxylic acids is 1. The Bertz CT molecular complexity index is 744. The summed E-state index contributed by atoms with van der Waals surface area (Å²) < 4.78 is 10.1. The molecule has 0 unspecified atom stereocenters. The van der Waals surface area contributed by atoms with E-state index in [1.165, 1.54) is 7.11 Å². The Morgan fingerprint density at radius 2 is 1.52 bits per heavy atom. The van der Waals surface area contributed by atoms with Crippen molar-refractivity contribution in [1.29, 1.82) is 5.26 Å². The predicted molar refractivity (Wildman–Crippen MR) is 87.0 cm³/mol. The summed E-state index contributed by atoms with van der Waals surface area (Å²) in [4.78, 5) is 12.2. The summed E-state index contributed by atoms with van der Waals surface area (Å²) >= 11 is 0. The van der Waals surface area contributed by atoms with Gasteiger partial charge in [-0.05, 0) is 48.5 Å². The van der Waals surface area contributed by atoms with Crippen LogP contribution >= 0.6 is 0 Å². The molecule has 6 heteroatoms. The van der Waals surface area contributed by atoms with Gasteiger partial charge in [-0.3, -0.25) is 10.2 Å². The van der Waals surface area contributed by atoms with Crippen molar-refractivity contribution in [2.45, 2.75) is 0 Å². The lowest BCUT2D eigenvalue weighted by Gasteiger charge is -2.04. The van der Waals surface area contributed by atoms with Gasteiger partial charge in [0.05, 0.1) is 19.9 Å². The quantitative estimate of drug-likeness (QED) is 0.504. The Morgan fingerprint density at radius 3 is 2.00 bits per heavy atom. The third-order valence-electron chi connectivity index (χ3n) is 3.06. The van der Waals surface area contributed by atoms with E-state index in [0.717, 1.165) is 0 Å². The molecule has 0 fully saturated rings. The van der Waals surface area contributed by atoms with Crippen molar-refractivity contribution < 1.29 is 14.3 Å². The number of hydrogen-bond acceptors (Lipinski definition) is 6. The van der Waals surface area contributed by atoms with E-state index in [4.69, 9.17) is 14.7 Å². The van der Waals surface area contributed by atoms with Crippen LogP contribution in [0.4, 0.5) is 5.69 Å². The highest BCUT2D eigenvalue weighted by Gasteiger charge is 2.14. The summed E-state index contributed by atoms with van der Waals surface area (Å²) in [5.41, 5.74) is 3.46. The van der Waals surface area contributed by atoms with Crippen LogP contribution in [0.1, 0.15) is 10.4 Å². The molecular formula is C17H15N3O3. The Kier molecular flexibility index (Phi) is 5.31. The molecule has 0 aliphatic rings. The van der Waals surface area contributed by atoms with Crippen LogP contribution in [0.15, 0.2) is 53.6 Å². The third-order valence-corrected chi connectivity index (χ3v) is 3.06. The monoisotopic (exact) mass is 309 g/mol. The van der Waals surface area contributed by atoms with Crippen molar-refractivity contribution >= 4 is 17.2 Å². The number of ketones is 1. The number of nitriles is 1. The first-order chi connectivity index (χ1) is 11.2. The minimum atomic E-state index is -0.462. The summed E-state index contributed by atoms with van der Waals surface area (Å²) in [5.74, 6) is 0.874. The maximum Gasteiger partial charge on any atom is 0.223 e. The van der Waals surface area contributed by atoms with Gasteiger partial charge < -0.3 is 9.47 Å². The molecule has 6 nitrogen and oxygen atoms in total. The SMILES string of the molecule is COc1ccc(N/N=C(/C#N)C(=O)c2ccc(OC)cc2)cc1. The van der Waals surface area contributed by atoms with Gasteiger partial charge in [-0.15, -0.1) is 0 Å². The first-order valence-corrected chi connectivity index (χ1v) is 6.74. The molecule has 23 heavy (non-hydrogen) atoms. The second-order valence-electron chi connectivity index (χ2n) is 4.47. The van der Waals surface area contributed by atoms with Gasteiger partial charge in [-0.1, -0.05) is 0 Å². The first kappa shape index (κ1) is 16.0. The van der Waals surface area contributed by atoms with Gasteiger partial charge in [-0.25, -0.2) is 0 Å². The molecule has 0 aliphatic carbocycles. The number of ether oxygens (including phenoxy) is 2. The molecule has 0 spiro atoms. The van der Waals surface area contributed by atoms with Crippen molar-refractivity contribution in [1.82, 2.24) is 0 Å². The van der Waals surface area contributed by atoms with Crippen LogP contribution in [-0.2, 0) is 0 Å². The van der Waals surface area contributed by atoms with Gasteiger partial charge in [0.15, 0.2) is 0 Å². The summed E-state index contributed by atoms with van der Waals surface area (Å²) in [6, 6.07) is 15.2. The van der Waals surface area contributed by atoms with E-state index in [2.05, 4.69) is 10.5 Å². The van der Waals surface area contributed by atoms with Crippen molar-refractivity contribution in [2.75, 3.05) is 19.6 Å². The summed E-state index contributed by atoms with van der Waals surface area (Å²) in [7, 11) is 3.11.